The number of nitrogens with zero attached hydrogens (tertiary/aromatic N) is 2. The van der Waals surface area contributed by atoms with Crippen LogP contribution in [0.25, 0.3) is 16.5 Å². The molecule has 2 N–H and O–H groups in total. The first-order valence-electron chi connectivity index (χ1n) is 10.6. The zero-order valence-corrected chi connectivity index (χ0v) is 19.5. The van der Waals surface area contributed by atoms with Crippen LogP contribution < -0.4 is 10.2 Å². The van der Waals surface area contributed by atoms with E-state index in [-0.39, 0.29) is 4.21 Å². The van der Waals surface area contributed by atoms with Gasteiger partial charge in [0.15, 0.2) is 0 Å². The van der Waals surface area contributed by atoms with Gasteiger partial charge in [-0.2, -0.15) is 8.42 Å². The molecule has 174 valence electrons. The van der Waals surface area contributed by atoms with Gasteiger partial charge in [0, 0.05) is 29.9 Å². The Balaban J connectivity index is 1.41. The van der Waals surface area contributed by atoms with Gasteiger partial charge in [0.2, 0.25) is 0 Å². The molecule has 0 bridgehead atoms. The molecule has 0 radical (unpaired) electrons. The summed E-state index contributed by atoms with van der Waals surface area (Å²) in [7, 11) is -3.76. The Morgan fingerprint density at radius 3 is 2.61 bits per heavy atom. The molecule has 8 nitrogen and oxygen atoms in total. The van der Waals surface area contributed by atoms with Crippen LogP contribution in [0.15, 0.2) is 65.1 Å². The van der Waals surface area contributed by atoms with Crippen LogP contribution in [0.2, 0.25) is 0 Å². The number of carbonyl (C=O) groups is 1. The minimum Gasteiger partial charge on any atom is -0.492 e. The van der Waals surface area contributed by atoms with Crippen molar-refractivity contribution < 1.29 is 23.2 Å². The van der Waals surface area contributed by atoms with Crippen molar-refractivity contribution in [1.82, 2.24) is 14.4 Å². The fourth-order valence-electron chi connectivity index (χ4n) is 3.58. The molecule has 0 aliphatic carbocycles. The molecule has 3 aromatic rings. The predicted molar refractivity (Wildman–Crippen MR) is 127 cm³/mol. The lowest BCUT2D eigenvalue weighted by molar-refractivity contribution is -0.124. The standard InChI is InChI=1S/C23H25N3O5S2/c27-22(24-28)9-3-18-11-14-26(17-18)33(29,30)23-10-8-21(32-23)19-4-6-20(7-5-19)31-16-15-25-12-1-2-13-25/h3-11,14,17,28H,1-2,12-13,15-16H2,(H,24,27)/b9-3+. The Morgan fingerprint density at radius 2 is 1.88 bits per heavy atom. The van der Waals surface area contributed by atoms with Gasteiger partial charge < -0.3 is 4.74 Å². The number of benzene rings is 1. The smallest absolute Gasteiger partial charge is 0.277 e. The summed E-state index contributed by atoms with van der Waals surface area (Å²) in [5.41, 5.74) is 2.91. The average molecular weight is 488 g/mol. The van der Waals surface area contributed by atoms with Crippen molar-refractivity contribution in [3.05, 3.63) is 66.5 Å². The number of amides is 1. The molecule has 3 heterocycles. The maximum Gasteiger partial charge on any atom is 0.277 e. The van der Waals surface area contributed by atoms with Crippen molar-refractivity contribution in [3.63, 3.8) is 0 Å². The van der Waals surface area contributed by atoms with Crippen molar-refractivity contribution >= 4 is 33.3 Å². The summed E-state index contributed by atoms with van der Waals surface area (Å²) < 4.78 is 33.1. The second-order valence-electron chi connectivity index (χ2n) is 7.63. The van der Waals surface area contributed by atoms with Gasteiger partial charge in [-0.1, -0.05) is 0 Å². The van der Waals surface area contributed by atoms with E-state index in [1.165, 1.54) is 48.1 Å². The van der Waals surface area contributed by atoms with E-state index in [1.54, 1.807) is 18.2 Å². The van der Waals surface area contributed by atoms with Gasteiger partial charge >= 0.3 is 0 Å². The van der Waals surface area contributed by atoms with Gasteiger partial charge in [0.1, 0.15) is 16.6 Å². The molecule has 0 unspecified atom stereocenters. The van der Waals surface area contributed by atoms with Gasteiger partial charge in [-0.25, -0.2) is 9.45 Å². The van der Waals surface area contributed by atoms with Crippen molar-refractivity contribution in [2.75, 3.05) is 26.2 Å². The molecule has 33 heavy (non-hydrogen) atoms. The van der Waals surface area contributed by atoms with E-state index in [2.05, 4.69) is 4.90 Å². The zero-order chi connectivity index (χ0) is 23.3. The molecule has 1 fully saturated rings. The third-order valence-corrected chi connectivity index (χ3v) is 8.59. The van der Waals surface area contributed by atoms with E-state index in [0.29, 0.717) is 12.2 Å². The van der Waals surface area contributed by atoms with Gasteiger partial charge in [0.05, 0.1) is 0 Å². The van der Waals surface area contributed by atoms with Gasteiger partial charge in [-0.05, 0) is 85.6 Å². The van der Waals surface area contributed by atoms with Crippen molar-refractivity contribution in [3.8, 4) is 16.2 Å². The highest BCUT2D eigenvalue weighted by atomic mass is 32.2. The third-order valence-electron chi connectivity index (χ3n) is 5.35. The van der Waals surface area contributed by atoms with Crippen LogP contribution >= 0.6 is 11.3 Å². The number of likely N-dealkylation sites (tertiary alicyclic amines) is 1. The van der Waals surface area contributed by atoms with Crippen LogP contribution in [0, 0.1) is 0 Å². The van der Waals surface area contributed by atoms with Crippen molar-refractivity contribution in [1.29, 1.82) is 0 Å². The third kappa shape index (κ3) is 5.72. The van der Waals surface area contributed by atoms with E-state index in [9.17, 15) is 13.2 Å². The fraction of sp³-hybridized carbons (Fsp3) is 0.261. The Labute approximate surface area is 196 Å². The number of hydrogen-bond acceptors (Lipinski definition) is 7. The van der Waals surface area contributed by atoms with Crippen molar-refractivity contribution in [2.45, 2.75) is 17.1 Å². The van der Waals surface area contributed by atoms with Crippen LogP contribution in [-0.4, -0.2) is 54.6 Å². The molecule has 10 heteroatoms. The number of nitrogens with one attached hydrogen (secondary N) is 1. The molecule has 0 spiro atoms. The van der Waals surface area contributed by atoms with Gasteiger partial charge in [-0.3, -0.25) is 14.9 Å². The van der Waals surface area contributed by atoms with Crippen LogP contribution in [0.5, 0.6) is 5.75 Å². The van der Waals surface area contributed by atoms with E-state index in [0.717, 1.165) is 45.9 Å². The number of ether oxygens (including phenoxy) is 1. The molecular weight excluding hydrogens is 462 g/mol. The summed E-state index contributed by atoms with van der Waals surface area (Å²) in [6.45, 7) is 3.88. The highest BCUT2D eigenvalue weighted by Crippen LogP contribution is 2.33. The van der Waals surface area contributed by atoms with Gasteiger partial charge in [0.25, 0.3) is 15.9 Å². The maximum absolute atomic E-state index is 13.0. The number of aromatic nitrogens is 1. The first kappa shape index (κ1) is 23.2. The summed E-state index contributed by atoms with van der Waals surface area (Å²) in [6.07, 6.45) is 7.86. The monoisotopic (exact) mass is 487 g/mol. The lowest BCUT2D eigenvalue weighted by atomic mass is 10.2. The predicted octanol–water partition coefficient (Wildman–Crippen LogP) is 3.45. The molecule has 0 atom stereocenters. The first-order valence-corrected chi connectivity index (χ1v) is 12.8. The largest absolute Gasteiger partial charge is 0.492 e. The summed E-state index contributed by atoms with van der Waals surface area (Å²) >= 11 is 1.19. The van der Waals surface area contributed by atoms with E-state index < -0.39 is 15.9 Å². The van der Waals surface area contributed by atoms with Gasteiger partial charge in [-0.15, -0.1) is 11.3 Å². The highest BCUT2D eigenvalue weighted by molar-refractivity contribution is 7.92. The molecule has 1 aromatic carbocycles. The van der Waals surface area contributed by atoms with E-state index >= 15 is 0 Å². The van der Waals surface area contributed by atoms with Crippen LogP contribution in [-0.2, 0) is 14.8 Å². The minimum atomic E-state index is -3.76. The SMILES string of the molecule is O=C(/C=C/c1ccn(S(=O)(=O)c2ccc(-c3ccc(OCCN4CCCC4)cc3)s2)c1)NO. The molecular formula is C23H25N3O5S2. The summed E-state index contributed by atoms with van der Waals surface area (Å²) in [6, 6.07) is 12.6. The first-order chi connectivity index (χ1) is 16.0. The Hall–Kier alpha value is -2.92. The Morgan fingerprint density at radius 1 is 1.12 bits per heavy atom. The molecule has 1 saturated heterocycles. The maximum atomic E-state index is 13.0. The number of hydroxylamine groups is 1. The van der Waals surface area contributed by atoms with Crippen LogP contribution in [0.3, 0.4) is 0 Å². The summed E-state index contributed by atoms with van der Waals surface area (Å²) in [5.74, 6) is 0.0988. The molecule has 1 aliphatic rings. The second-order valence-corrected chi connectivity index (χ2v) is 10.8. The fourth-order valence-corrected chi connectivity index (χ4v) is 6.20. The minimum absolute atomic E-state index is 0.211. The van der Waals surface area contributed by atoms with Crippen LogP contribution in [0.1, 0.15) is 18.4 Å². The highest BCUT2D eigenvalue weighted by Gasteiger charge is 2.19. The second kappa shape index (κ2) is 10.3. The molecule has 1 aliphatic heterocycles. The lowest BCUT2D eigenvalue weighted by Gasteiger charge is -2.14. The van der Waals surface area contributed by atoms with Crippen molar-refractivity contribution in [2.24, 2.45) is 0 Å². The number of thiophene rings is 1. The quantitative estimate of drug-likeness (QED) is 0.272. The lowest BCUT2D eigenvalue weighted by Crippen LogP contribution is -2.25. The molecule has 4 rings (SSSR count). The average Bonchev–Trinajstić information content (AvgIpc) is 3.60. The Bertz CT molecular complexity index is 1220. The normalized spacial score (nSPS) is 14.7. The number of rotatable bonds is 9. The molecule has 2 aromatic heterocycles. The summed E-state index contributed by atoms with van der Waals surface area (Å²) in [4.78, 5) is 14.3. The number of hydrogen-bond donors (Lipinski definition) is 2. The zero-order valence-electron chi connectivity index (χ0n) is 17.9. The topological polar surface area (TPSA) is 101 Å². The molecule has 1 amide bonds. The number of carbonyl (C=O) groups excluding carboxylic acids is 1. The Kier molecular flexibility index (Phi) is 7.29. The molecule has 0 saturated carbocycles. The van der Waals surface area contributed by atoms with E-state index in [1.807, 2.05) is 24.3 Å². The van der Waals surface area contributed by atoms with E-state index in [4.69, 9.17) is 9.94 Å². The summed E-state index contributed by atoms with van der Waals surface area (Å²) in [5, 5.41) is 8.53. The van der Waals surface area contributed by atoms with Crippen LogP contribution in [0.4, 0.5) is 0 Å².